The highest BCUT2D eigenvalue weighted by atomic mass is 19.1. The first-order valence-corrected chi connectivity index (χ1v) is 5.15. The fourth-order valence-electron chi connectivity index (χ4n) is 1.57. The average molecular weight is 247 g/mol. The number of methoxy groups -OCH3 is 1. The number of carboxylic acids is 1. The molecular formula is C13H10FNO3. The summed E-state index contributed by atoms with van der Waals surface area (Å²) in [5.41, 5.74) is 0.820. The van der Waals surface area contributed by atoms with Crippen molar-refractivity contribution in [1.82, 2.24) is 4.98 Å². The van der Waals surface area contributed by atoms with Crippen LogP contribution in [0.25, 0.3) is 11.1 Å². The molecular weight excluding hydrogens is 237 g/mol. The van der Waals surface area contributed by atoms with Crippen LogP contribution in [0.15, 0.2) is 36.5 Å². The van der Waals surface area contributed by atoms with Crippen LogP contribution < -0.4 is 4.74 Å². The van der Waals surface area contributed by atoms with Crippen LogP contribution in [0, 0.1) is 5.82 Å². The summed E-state index contributed by atoms with van der Waals surface area (Å²) in [5, 5.41) is 8.90. The number of nitrogens with zero attached hydrogens (tertiary/aromatic N) is 1. The minimum Gasteiger partial charge on any atom is -0.481 e. The summed E-state index contributed by atoms with van der Waals surface area (Å²) in [6, 6.07) is 7.47. The predicted molar refractivity (Wildman–Crippen MR) is 63.1 cm³/mol. The minimum atomic E-state index is -1.06. The Morgan fingerprint density at radius 1 is 1.39 bits per heavy atom. The van der Waals surface area contributed by atoms with E-state index in [1.165, 1.54) is 25.3 Å². The second-order valence-electron chi connectivity index (χ2n) is 3.59. The molecule has 0 bridgehead atoms. The molecule has 0 aliphatic rings. The third-order valence-corrected chi connectivity index (χ3v) is 2.46. The van der Waals surface area contributed by atoms with Gasteiger partial charge in [-0.1, -0.05) is 12.1 Å². The van der Waals surface area contributed by atoms with Gasteiger partial charge in [0, 0.05) is 11.6 Å². The molecule has 0 aliphatic carbocycles. The van der Waals surface area contributed by atoms with Gasteiger partial charge in [-0.3, -0.25) is 0 Å². The van der Waals surface area contributed by atoms with E-state index in [9.17, 15) is 9.18 Å². The summed E-state index contributed by atoms with van der Waals surface area (Å²) < 4.78 is 18.6. The lowest BCUT2D eigenvalue weighted by Crippen LogP contribution is -1.97. The van der Waals surface area contributed by atoms with E-state index in [0.29, 0.717) is 5.56 Å². The van der Waals surface area contributed by atoms with E-state index in [0.717, 1.165) is 6.20 Å². The number of rotatable bonds is 3. The number of halogens is 1. The maximum Gasteiger partial charge on any atom is 0.335 e. The van der Waals surface area contributed by atoms with E-state index in [2.05, 4.69) is 4.98 Å². The van der Waals surface area contributed by atoms with Gasteiger partial charge in [-0.2, -0.15) is 0 Å². The molecule has 1 aromatic heterocycles. The molecule has 0 amide bonds. The fourth-order valence-corrected chi connectivity index (χ4v) is 1.57. The third kappa shape index (κ3) is 2.29. The summed E-state index contributed by atoms with van der Waals surface area (Å²) in [4.78, 5) is 14.6. The number of hydrogen-bond acceptors (Lipinski definition) is 3. The summed E-state index contributed by atoms with van der Waals surface area (Å²) in [7, 11) is 1.43. The van der Waals surface area contributed by atoms with E-state index in [1.54, 1.807) is 12.1 Å². The molecule has 5 heteroatoms. The second kappa shape index (κ2) is 4.83. The summed E-state index contributed by atoms with van der Waals surface area (Å²) in [6.45, 7) is 0. The molecule has 2 rings (SSSR count). The van der Waals surface area contributed by atoms with Crippen LogP contribution in [0.4, 0.5) is 4.39 Å². The zero-order valence-corrected chi connectivity index (χ0v) is 9.55. The lowest BCUT2D eigenvalue weighted by molar-refractivity contribution is 0.0697. The molecule has 0 saturated carbocycles. The molecule has 0 radical (unpaired) electrons. The normalized spacial score (nSPS) is 10.1. The average Bonchev–Trinajstić information content (AvgIpc) is 2.39. The van der Waals surface area contributed by atoms with Crippen LogP contribution in [0.2, 0.25) is 0 Å². The van der Waals surface area contributed by atoms with Gasteiger partial charge in [-0.05, 0) is 17.7 Å². The van der Waals surface area contributed by atoms with E-state index in [1.807, 2.05) is 0 Å². The van der Waals surface area contributed by atoms with Gasteiger partial charge in [0.05, 0.1) is 18.9 Å². The lowest BCUT2D eigenvalue weighted by atomic mass is 10.0. The first kappa shape index (κ1) is 12.0. The van der Waals surface area contributed by atoms with Crippen molar-refractivity contribution in [2.24, 2.45) is 0 Å². The number of ether oxygens (including phenoxy) is 1. The number of aromatic carboxylic acids is 1. The maximum absolute atomic E-state index is 13.7. The van der Waals surface area contributed by atoms with E-state index >= 15 is 0 Å². The molecule has 4 nitrogen and oxygen atoms in total. The van der Waals surface area contributed by atoms with Crippen molar-refractivity contribution in [2.75, 3.05) is 7.11 Å². The van der Waals surface area contributed by atoms with Gasteiger partial charge in [0.15, 0.2) is 0 Å². The third-order valence-electron chi connectivity index (χ3n) is 2.46. The zero-order valence-electron chi connectivity index (χ0n) is 9.55. The molecule has 0 aliphatic heterocycles. The highest BCUT2D eigenvalue weighted by Crippen LogP contribution is 2.26. The van der Waals surface area contributed by atoms with Crippen LogP contribution in [0.5, 0.6) is 5.88 Å². The highest BCUT2D eigenvalue weighted by molar-refractivity contribution is 5.89. The van der Waals surface area contributed by atoms with Crippen molar-refractivity contribution < 1.29 is 19.0 Å². The van der Waals surface area contributed by atoms with Crippen LogP contribution in [-0.4, -0.2) is 23.2 Å². The van der Waals surface area contributed by atoms with Crippen LogP contribution in [-0.2, 0) is 0 Å². The lowest BCUT2D eigenvalue weighted by Gasteiger charge is -2.06. The Morgan fingerprint density at radius 3 is 2.83 bits per heavy atom. The zero-order chi connectivity index (χ0) is 13.1. The number of benzene rings is 1. The topological polar surface area (TPSA) is 59.4 Å². The molecule has 1 heterocycles. The van der Waals surface area contributed by atoms with Gasteiger partial charge in [-0.25, -0.2) is 14.2 Å². The Balaban J connectivity index is 2.54. The molecule has 92 valence electrons. The first-order valence-electron chi connectivity index (χ1n) is 5.15. The van der Waals surface area contributed by atoms with Crippen molar-refractivity contribution >= 4 is 5.97 Å². The summed E-state index contributed by atoms with van der Waals surface area (Å²) in [6.07, 6.45) is 1.04. The summed E-state index contributed by atoms with van der Waals surface area (Å²) in [5.74, 6) is -1.32. The molecule has 1 N–H and O–H groups in total. The van der Waals surface area contributed by atoms with Gasteiger partial charge in [0.25, 0.3) is 0 Å². The van der Waals surface area contributed by atoms with Gasteiger partial charge in [0.1, 0.15) is 5.82 Å². The van der Waals surface area contributed by atoms with Crippen LogP contribution in [0.1, 0.15) is 10.4 Å². The molecule has 0 fully saturated rings. The highest BCUT2D eigenvalue weighted by Gasteiger charge is 2.10. The molecule has 1 aromatic carbocycles. The van der Waals surface area contributed by atoms with Crippen molar-refractivity contribution in [1.29, 1.82) is 0 Å². The molecule has 18 heavy (non-hydrogen) atoms. The predicted octanol–water partition coefficient (Wildman–Crippen LogP) is 2.59. The van der Waals surface area contributed by atoms with E-state index < -0.39 is 11.8 Å². The summed E-state index contributed by atoms with van der Waals surface area (Å²) >= 11 is 0. The van der Waals surface area contributed by atoms with Crippen LogP contribution >= 0.6 is 0 Å². The molecule has 0 spiro atoms. The molecule has 0 saturated heterocycles. The monoisotopic (exact) mass is 247 g/mol. The Kier molecular flexibility index (Phi) is 3.23. The van der Waals surface area contributed by atoms with Crippen LogP contribution in [0.3, 0.4) is 0 Å². The Morgan fingerprint density at radius 2 is 2.17 bits per heavy atom. The number of carbonyl (C=O) groups is 1. The SMILES string of the molecule is COc1cc(-c2cccc(C(=O)O)c2)c(F)cn1. The van der Waals surface area contributed by atoms with Crippen molar-refractivity contribution in [2.45, 2.75) is 0 Å². The van der Waals surface area contributed by atoms with Gasteiger partial charge in [-0.15, -0.1) is 0 Å². The Labute approximate surface area is 103 Å². The van der Waals surface area contributed by atoms with Gasteiger partial charge < -0.3 is 9.84 Å². The number of pyridine rings is 1. The standard InChI is InChI=1S/C13H10FNO3/c1-18-12-6-10(11(14)7-15-12)8-3-2-4-9(5-8)13(16)17/h2-7H,1H3,(H,16,17). The molecule has 0 atom stereocenters. The fraction of sp³-hybridized carbons (Fsp3) is 0.0769. The van der Waals surface area contributed by atoms with E-state index in [4.69, 9.17) is 9.84 Å². The number of hydrogen-bond donors (Lipinski definition) is 1. The van der Waals surface area contributed by atoms with Crippen molar-refractivity contribution in [3.8, 4) is 17.0 Å². The Hall–Kier alpha value is -2.43. The number of aromatic nitrogens is 1. The van der Waals surface area contributed by atoms with E-state index in [-0.39, 0.29) is 17.0 Å². The van der Waals surface area contributed by atoms with Crippen molar-refractivity contribution in [3.63, 3.8) is 0 Å². The molecule has 2 aromatic rings. The number of carboxylic acid groups (broad SMARTS) is 1. The maximum atomic E-state index is 13.7. The minimum absolute atomic E-state index is 0.0997. The van der Waals surface area contributed by atoms with Gasteiger partial charge >= 0.3 is 5.97 Å². The molecule has 0 unspecified atom stereocenters. The smallest absolute Gasteiger partial charge is 0.335 e. The van der Waals surface area contributed by atoms with Crippen molar-refractivity contribution in [3.05, 3.63) is 47.9 Å². The van der Waals surface area contributed by atoms with Gasteiger partial charge in [0.2, 0.25) is 5.88 Å². The second-order valence-corrected chi connectivity index (χ2v) is 3.59. The Bertz CT molecular complexity index is 599. The first-order chi connectivity index (χ1) is 8.61. The quantitative estimate of drug-likeness (QED) is 0.905. The largest absolute Gasteiger partial charge is 0.481 e.